The molecule has 1 aromatic carbocycles. The maximum Gasteiger partial charge on any atom is 0.245 e. The molecule has 9 heteroatoms. The van der Waals surface area contributed by atoms with E-state index in [0.29, 0.717) is 12.1 Å². The number of nitrogens with one attached hydrogen (secondary N) is 1. The number of hydrazone groups is 1. The van der Waals surface area contributed by atoms with Crippen LogP contribution in [0, 0.1) is 5.82 Å². The average Bonchev–Trinajstić information content (AvgIpc) is 3.53. The molecule has 1 fully saturated rings. The summed E-state index contributed by atoms with van der Waals surface area (Å²) in [7, 11) is 0. The molecule has 158 valence electrons. The Morgan fingerprint density at radius 2 is 2.14 bits per heavy atom. The molecule has 0 radical (unpaired) electrons. The molecule has 0 aromatic heterocycles. The first-order chi connectivity index (χ1) is 13.8. The molecule has 1 saturated carbocycles. The first kappa shape index (κ1) is 22.7. The van der Waals surface area contributed by atoms with Gasteiger partial charge in [0.15, 0.2) is 0 Å². The Labute approximate surface area is 175 Å². The maximum absolute atomic E-state index is 14.2. The fourth-order valence-electron chi connectivity index (χ4n) is 3.03. The van der Waals surface area contributed by atoms with Crippen LogP contribution in [0.25, 0.3) is 0 Å². The molecule has 1 atom stereocenters. The zero-order valence-corrected chi connectivity index (χ0v) is 17.5. The molecule has 0 heterocycles. The number of nitrogens with two attached hydrogens (primary N) is 1. The highest BCUT2D eigenvalue weighted by Gasteiger charge is 2.34. The number of nitrogens with zero attached hydrogens (tertiary/aromatic N) is 3. The van der Waals surface area contributed by atoms with E-state index in [2.05, 4.69) is 17.1 Å². The van der Waals surface area contributed by atoms with E-state index in [1.165, 1.54) is 22.2 Å². The number of halogens is 2. The van der Waals surface area contributed by atoms with Gasteiger partial charge in [0, 0.05) is 24.5 Å². The molecule has 1 aliphatic rings. The van der Waals surface area contributed by atoms with Gasteiger partial charge in [0.25, 0.3) is 0 Å². The minimum absolute atomic E-state index is 0.00455. The number of allylic oxidation sites excluding steroid dienone is 1. The lowest BCUT2D eigenvalue weighted by atomic mass is 10.1. The minimum atomic E-state index is -0.587. The van der Waals surface area contributed by atoms with Gasteiger partial charge in [-0.15, -0.1) is 0 Å². The number of rotatable bonds is 10. The molecule has 0 spiro atoms. The van der Waals surface area contributed by atoms with E-state index in [9.17, 15) is 14.0 Å². The molecule has 0 aliphatic heterocycles. The summed E-state index contributed by atoms with van der Waals surface area (Å²) < 4.78 is 14.2. The Morgan fingerprint density at radius 1 is 1.45 bits per heavy atom. The molecule has 1 aromatic rings. The summed E-state index contributed by atoms with van der Waals surface area (Å²) in [6, 6.07) is 4.06. The van der Waals surface area contributed by atoms with Gasteiger partial charge in [0.2, 0.25) is 11.8 Å². The average molecular weight is 424 g/mol. The lowest BCUT2D eigenvalue weighted by Crippen LogP contribution is -2.45. The fourth-order valence-corrected chi connectivity index (χ4v) is 3.21. The van der Waals surface area contributed by atoms with Crippen LogP contribution in [0.5, 0.6) is 0 Å². The third kappa shape index (κ3) is 5.93. The summed E-state index contributed by atoms with van der Waals surface area (Å²) in [5, 5.41) is 8.01. The fraction of sp³-hybridized carbons (Fsp3) is 0.450. The van der Waals surface area contributed by atoms with Crippen LogP contribution in [0.1, 0.15) is 44.7 Å². The molecule has 3 N–H and O–H groups in total. The highest BCUT2D eigenvalue weighted by molar-refractivity contribution is 6.30. The zero-order chi connectivity index (χ0) is 21.6. The number of carbonyl (C=O) groups is 2. The third-order valence-corrected chi connectivity index (χ3v) is 5.08. The van der Waals surface area contributed by atoms with Crippen molar-refractivity contribution in [2.45, 2.75) is 45.2 Å². The Morgan fingerprint density at radius 3 is 2.69 bits per heavy atom. The molecule has 2 amide bonds. The molecular weight excluding hydrogens is 397 g/mol. The normalized spacial score (nSPS) is 14.8. The predicted octanol–water partition coefficient (Wildman–Crippen LogP) is 2.78. The van der Waals surface area contributed by atoms with E-state index in [-0.39, 0.29) is 41.5 Å². The van der Waals surface area contributed by atoms with Crippen molar-refractivity contribution in [3.05, 3.63) is 46.5 Å². The van der Waals surface area contributed by atoms with E-state index in [1.54, 1.807) is 19.1 Å². The van der Waals surface area contributed by atoms with Crippen molar-refractivity contribution in [1.82, 2.24) is 15.2 Å². The van der Waals surface area contributed by atoms with Crippen molar-refractivity contribution in [1.29, 1.82) is 0 Å². The predicted molar refractivity (Wildman–Crippen MR) is 112 cm³/mol. The monoisotopic (exact) mass is 423 g/mol. The van der Waals surface area contributed by atoms with Crippen molar-refractivity contribution < 1.29 is 14.0 Å². The lowest BCUT2D eigenvalue weighted by molar-refractivity contribution is -0.137. The molecule has 0 bridgehead atoms. The van der Waals surface area contributed by atoms with E-state index in [0.717, 1.165) is 12.8 Å². The summed E-state index contributed by atoms with van der Waals surface area (Å²) in [6.07, 6.45) is 3.66. The summed E-state index contributed by atoms with van der Waals surface area (Å²) >= 11 is 5.81. The summed E-state index contributed by atoms with van der Waals surface area (Å²) in [5.74, 6) is -1.18. The van der Waals surface area contributed by atoms with Gasteiger partial charge in [-0.25, -0.2) is 4.39 Å². The number of amides is 2. The number of hydrogen-bond acceptors (Lipinski definition) is 5. The minimum Gasteiger partial charge on any atom is -0.403 e. The number of carbonyl (C=O) groups excluding carboxylic acids is 2. The van der Waals surface area contributed by atoms with Gasteiger partial charge in [-0.2, -0.15) is 5.10 Å². The number of benzene rings is 1. The van der Waals surface area contributed by atoms with Crippen molar-refractivity contribution in [2.24, 2.45) is 10.8 Å². The van der Waals surface area contributed by atoms with Crippen molar-refractivity contribution in [3.8, 4) is 0 Å². The second kappa shape index (κ2) is 10.2. The Hall–Kier alpha value is -2.61. The van der Waals surface area contributed by atoms with Gasteiger partial charge in [0.1, 0.15) is 12.4 Å². The quantitative estimate of drug-likeness (QED) is 0.447. The molecule has 29 heavy (non-hydrogen) atoms. The van der Waals surface area contributed by atoms with E-state index < -0.39 is 11.9 Å². The second-order valence-electron chi connectivity index (χ2n) is 6.90. The topological polar surface area (TPSA) is 91.0 Å². The largest absolute Gasteiger partial charge is 0.403 e. The van der Waals surface area contributed by atoms with E-state index >= 15 is 0 Å². The first-order valence-corrected chi connectivity index (χ1v) is 9.87. The summed E-state index contributed by atoms with van der Waals surface area (Å²) in [4.78, 5) is 26.8. The molecule has 0 unspecified atom stereocenters. The summed E-state index contributed by atoms with van der Waals surface area (Å²) in [5.41, 5.74) is 6.53. The Bertz CT molecular complexity index is 797. The van der Waals surface area contributed by atoms with Gasteiger partial charge >= 0.3 is 0 Å². The Balaban J connectivity index is 2.02. The van der Waals surface area contributed by atoms with Gasteiger partial charge in [-0.3, -0.25) is 14.6 Å². The van der Waals surface area contributed by atoms with Crippen LogP contribution in [0.2, 0.25) is 5.02 Å². The maximum atomic E-state index is 14.2. The zero-order valence-electron chi connectivity index (χ0n) is 16.7. The molecule has 0 saturated heterocycles. The first-order valence-electron chi connectivity index (χ1n) is 9.50. The smallest absolute Gasteiger partial charge is 0.245 e. The van der Waals surface area contributed by atoms with Gasteiger partial charge in [-0.1, -0.05) is 30.7 Å². The molecular formula is C20H27ClFN5O2. The molecule has 1 aliphatic carbocycles. The van der Waals surface area contributed by atoms with Crippen LogP contribution in [0.3, 0.4) is 0 Å². The highest BCUT2D eigenvalue weighted by atomic mass is 35.5. The van der Waals surface area contributed by atoms with E-state index in [4.69, 9.17) is 17.3 Å². The van der Waals surface area contributed by atoms with Crippen molar-refractivity contribution in [3.63, 3.8) is 0 Å². The molecule has 7 nitrogen and oxygen atoms in total. The summed E-state index contributed by atoms with van der Waals surface area (Å²) in [6.45, 7) is 6.87. The van der Waals surface area contributed by atoms with Crippen LogP contribution in [0.15, 0.2) is 35.2 Å². The number of hydrogen-bond donors (Lipinski definition) is 2. The van der Waals surface area contributed by atoms with Gasteiger partial charge in [-0.05, 0) is 32.3 Å². The van der Waals surface area contributed by atoms with Crippen LogP contribution in [-0.4, -0.2) is 47.6 Å². The second-order valence-corrected chi connectivity index (χ2v) is 7.30. The molecule has 2 rings (SSSR count). The van der Waals surface area contributed by atoms with Gasteiger partial charge in [0.05, 0.1) is 23.3 Å². The SMILES string of the molecule is C=NN(CC(=O)N(CC(=O)N[C@@H](C)c1cccc(Cl)c1F)C1CC1)/C(=C/N)CC. The standard InChI is InChI=1S/C20H27ClFN5O2/c1-4-14(10-23)27(24-3)12-19(29)26(15-8-9-15)11-18(28)25-13(2)16-6-5-7-17(21)20(16)22/h5-7,10,13,15H,3-4,8-9,11-12,23H2,1-2H3,(H,25,28)/b14-10+/t13-/m0/s1. The van der Waals surface area contributed by atoms with Crippen LogP contribution in [-0.2, 0) is 9.59 Å². The highest BCUT2D eigenvalue weighted by Crippen LogP contribution is 2.27. The van der Waals surface area contributed by atoms with Crippen molar-refractivity contribution in [2.75, 3.05) is 13.1 Å². The van der Waals surface area contributed by atoms with Crippen molar-refractivity contribution >= 4 is 30.1 Å². The van der Waals surface area contributed by atoms with Crippen LogP contribution < -0.4 is 11.1 Å². The third-order valence-electron chi connectivity index (χ3n) is 4.79. The Kier molecular flexibility index (Phi) is 8.01. The van der Waals surface area contributed by atoms with E-state index in [1.807, 2.05) is 6.92 Å². The van der Waals surface area contributed by atoms with Gasteiger partial charge < -0.3 is 16.0 Å². The van der Waals surface area contributed by atoms with Crippen LogP contribution >= 0.6 is 11.6 Å². The lowest BCUT2D eigenvalue weighted by Gasteiger charge is -2.27. The van der Waals surface area contributed by atoms with Crippen LogP contribution in [0.4, 0.5) is 4.39 Å².